The predicted molar refractivity (Wildman–Crippen MR) is 136 cm³/mol. The number of unbranched alkanes of at least 4 members (excludes halogenated alkanes) is 4. The van der Waals surface area contributed by atoms with Gasteiger partial charge >= 0.3 is 5.97 Å². The number of rotatable bonds is 11. The lowest BCUT2D eigenvalue weighted by Crippen LogP contribution is -2.34. The summed E-state index contributed by atoms with van der Waals surface area (Å²) in [5, 5.41) is 0. The standard InChI is InChI=1S/C30H54O2/c1-4-6-7-8-9-11-25-14-21-29(23(3)22-25)26-15-17-27(18-16-26)30(31)32-28-19-12-24(10-5-2)13-20-28/h23-29H,4-22H2,1-3H3/t23-,24?,25+,26?,27?,28?,29-/m1/s1. The first kappa shape index (κ1) is 26.1. The molecular formula is C30H54O2. The van der Waals surface area contributed by atoms with Crippen LogP contribution in [-0.2, 0) is 9.53 Å². The molecule has 0 unspecified atom stereocenters. The first-order valence-electron chi connectivity index (χ1n) is 14.8. The number of carbonyl (C=O) groups excluding carboxylic acids is 1. The molecular weight excluding hydrogens is 392 g/mol. The van der Waals surface area contributed by atoms with E-state index < -0.39 is 0 Å². The van der Waals surface area contributed by atoms with E-state index in [1.54, 1.807) is 0 Å². The summed E-state index contributed by atoms with van der Waals surface area (Å²) in [7, 11) is 0. The van der Waals surface area contributed by atoms with Crippen LogP contribution in [0.2, 0.25) is 0 Å². The summed E-state index contributed by atoms with van der Waals surface area (Å²) >= 11 is 0. The Kier molecular flexibility index (Phi) is 11.4. The van der Waals surface area contributed by atoms with Crippen LogP contribution in [0.3, 0.4) is 0 Å². The Morgan fingerprint density at radius 3 is 2.06 bits per heavy atom. The second-order valence-electron chi connectivity index (χ2n) is 12.0. The smallest absolute Gasteiger partial charge is 0.309 e. The van der Waals surface area contributed by atoms with E-state index in [9.17, 15) is 4.79 Å². The predicted octanol–water partition coefficient (Wildman–Crippen LogP) is 9.11. The quantitative estimate of drug-likeness (QED) is 0.233. The van der Waals surface area contributed by atoms with E-state index in [2.05, 4.69) is 20.8 Å². The SMILES string of the molecule is CCCCCCC[C@H]1CC[C@@H](C2CCC(C(=O)OC3CCC(CCC)CC3)CC2)[C@H](C)C1. The molecule has 3 aliphatic rings. The van der Waals surface area contributed by atoms with E-state index in [1.807, 2.05) is 0 Å². The van der Waals surface area contributed by atoms with Crippen LogP contribution in [0.25, 0.3) is 0 Å². The van der Waals surface area contributed by atoms with Crippen molar-refractivity contribution in [3.8, 4) is 0 Å². The highest BCUT2D eigenvalue weighted by atomic mass is 16.5. The average Bonchev–Trinajstić information content (AvgIpc) is 2.81. The molecule has 0 aliphatic heterocycles. The van der Waals surface area contributed by atoms with Crippen LogP contribution >= 0.6 is 0 Å². The van der Waals surface area contributed by atoms with E-state index in [4.69, 9.17) is 4.74 Å². The lowest BCUT2D eigenvalue weighted by molar-refractivity contribution is -0.157. The normalized spacial score (nSPS) is 36.0. The van der Waals surface area contributed by atoms with E-state index in [-0.39, 0.29) is 18.0 Å². The molecule has 3 aliphatic carbocycles. The summed E-state index contributed by atoms with van der Waals surface area (Å²) in [5.41, 5.74) is 0. The number of hydrogen-bond donors (Lipinski definition) is 0. The largest absolute Gasteiger partial charge is 0.462 e. The molecule has 0 saturated heterocycles. The van der Waals surface area contributed by atoms with Crippen LogP contribution in [0.15, 0.2) is 0 Å². The molecule has 3 rings (SSSR count). The van der Waals surface area contributed by atoms with Gasteiger partial charge in [-0.1, -0.05) is 78.6 Å². The molecule has 0 heterocycles. The highest BCUT2D eigenvalue weighted by Crippen LogP contribution is 2.45. The lowest BCUT2D eigenvalue weighted by atomic mass is 9.64. The van der Waals surface area contributed by atoms with Gasteiger partial charge in [0.1, 0.15) is 6.10 Å². The number of esters is 1. The van der Waals surface area contributed by atoms with Gasteiger partial charge in [0.25, 0.3) is 0 Å². The monoisotopic (exact) mass is 446 g/mol. The van der Waals surface area contributed by atoms with Crippen molar-refractivity contribution < 1.29 is 9.53 Å². The van der Waals surface area contributed by atoms with Crippen molar-refractivity contribution in [3.63, 3.8) is 0 Å². The molecule has 0 N–H and O–H groups in total. The molecule has 0 bridgehead atoms. The van der Waals surface area contributed by atoms with E-state index >= 15 is 0 Å². The molecule has 3 saturated carbocycles. The average molecular weight is 447 g/mol. The molecule has 2 nitrogen and oxygen atoms in total. The van der Waals surface area contributed by atoms with Gasteiger partial charge in [0.15, 0.2) is 0 Å². The fourth-order valence-electron chi connectivity index (χ4n) is 7.52. The molecule has 0 aromatic rings. The van der Waals surface area contributed by atoms with Gasteiger partial charge in [0.2, 0.25) is 0 Å². The van der Waals surface area contributed by atoms with Crippen molar-refractivity contribution in [1.29, 1.82) is 0 Å². The van der Waals surface area contributed by atoms with Gasteiger partial charge in [0, 0.05) is 0 Å². The van der Waals surface area contributed by atoms with Crippen molar-refractivity contribution >= 4 is 5.97 Å². The molecule has 186 valence electrons. The number of carbonyl (C=O) groups is 1. The second kappa shape index (κ2) is 14.0. The third kappa shape index (κ3) is 8.05. The summed E-state index contributed by atoms with van der Waals surface area (Å²) in [6.07, 6.45) is 25.2. The zero-order chi connectivity index (χ0) is 22.8. The van der Waals surface area contributed by atoms with Crippen LogP contribution in [-0.4, -0.2) is 12.1 Å². The molecule has 0 amide bonds. The van der Waals surface area contributed by atoms with Crippen LogP contribution in [0, 0.1) is 35.5 Å². The minimum atomic E-state index is 0.141. The summed E-state index contributed by atoms with van der Waals surface area (Å²) in [6.45, 7) is 7.12. The fraction of sp³-hybridized carbons (Fsp3) is 0.967. The van der Waals surface area contributed by atoms with Crippen molar-refractivity contribution in [1.82, 2.24) is 0 Å². The van der Waals surface area contributed by atoms with Crippen LogP contribution < -0.4 is 0 Å². The van der Waals surface area contributed by atoms with Crippen molar-refractivity contribution in [2.24, 2.45) is 35.5 Å². The van der Waals surface area contributed by atoms with Gasteiger partial charge in [0.05, 0.1) is 5.92 Å². The van der Waals surface area contributed by atoms with Gasteiger partial charge in [-0.3, -0.25) is 4.79 Å². The Morgan fingerprint density at radius 2 is 1.41 bits per heavy atom. The van der Waals surface area contributed by atoms with Gasteiger partial charge in [-0.2, -0.15) is 0 Å². The maximum absolute atomic E-state index is 12.8. The number of hydrogen-bond acceptors (Lipinski definition) is 2. The molecule has 0 aromatic heterocycles. The maximum Gasteiger partial charge on any atom is 0.309 e. The Bertz CT molecular complexity index is 513. The minimum Gasteiger partial charge on any atom is -0.462 e. The highest BCUT2D eigenvalue weighted by Gasteiger charge is 2.37. The molecule has 32 heavy (non-hydrogen) atoms. The molecule has 3 atom stereocenters. The maximum atomic E-state index is 12.8. The third-order valence-electron chi connectivity index (χ3n) is 9.54. The van der Waals surface area contributed by atoms with Gasteiger partial charge in [-0.25, -0.2) is 0 Å². The first-order chi connectivity index (χ1) is 15.6. The van der Waals surface area contributed by atoms with E-state index in [0.29, 0.717) is 0 Å². The van der Waals surface area contributed by atoms with Gasteiger partial charge < -0.3 is 4.74 Å². The van der Waals surface area contributed by atoms with Crippen molar-refractivity contribution in [3.05, 3.63) is 0 Å². The Hall–Kier alpha value is -0.530. The number of ether oxygens (including phenoxy) is 1. The first-order valence-corrected chi connectivity index (χ1v) is 14.8. The summed E-state index contributed by atoms with van der Waals surface area (Å²) < 4.78 is 6.00. The lowest BCUT2D eigenvalue weighted by Gasteiger charge is -2.41. The topological polar surface area (TPSA) is 26.3 Å². The van der Waals surface area contributed by atoms with Crippen LogP contribution in [0.4, 0.5) is 0 Å². The molecule has 2 heteroatoms. The Morgan fingerprint density at radius 1 is 0.719 bits per heavy atom. The summed E-state index contributed by atoms with van der Waals surface area (Å²) in [5.74, 6) is 4.86. The molecule has 3 fully saturated rings. The van der Waals surface area contributed by atoms with Crippen molar-refractivity contribution in [2.45, 2.75) is 149 Å². The van der Waals surface area contributed by atoms with E-state index in [0.717, 1.165) is 55.3 Å². The Balaban J connectivity index is 1.32. The fourth-order valence-corrected chi connectivity index (χ4v) is 7.52. The molecule has 0 aromatic carbocycles. The molecule has 0 radical (unpaired) electrons. The zero-order valence-electron chi connectivity index (χ0n) is 21.8. The third-order valence-corrected chi connectivity index (χ3v) is 9.54. The summed E-state index contributed by atoms with van der Waals surface area (Å²) in [4.78, 5) is 12.8. The van der Waals surface area contributed by atoms with Gasteiger partial charge in [-0.15, -0.1) is 0 Å². The molecule has 0 spiro atoms. The van der Waals surface area contributed by atoms with Crippen LogP contribution in [0.5, 0.6) is 0 Å². The second-order valence-corrected chi connectivity index (χ2v) is 12.0. The minimum absolute atomic E-state index is 0.141. The van der Waals surface area contributed by atoms with E-state index in [1.165, 1.54) is 96.3 Å². The van der Waals surface area contributed by atoms with Crippen LogP contribution in [0.1, 0.15) is 143 Å². The van der Waals surface area contributed by atoms with Crippen molar-refractivity contribution in [2.75, 3.05) is 0 Å². The summed E-state index contributed by atoms with van der Waals surface area (Å²) in [6, 6.07) is 0. The Labute approximate surface area is 200 Å². The van der Waals surface area contributed by atoms with Gasteiger partial charge in [-0.05, 0) is 93.8 Å². The highest BCUT2D eigenvalue weighted by molar-refractivity contribution is 5.72. The zero-order valence-corrected chi connectivity index (χ0v) is 21.8.